The molecule has 1 aliphatic carbocycles. The van der Waals surface area contributed by atoms with Crippen LogP contribution in [-0.4, -0.2) is 0 Å². The number of benzene rings is 2. The molecule has 0 saturated heterocycles. The van der Waals surface area contributed by atoms with Crippen molar-refractivity contribution in [3.63, 3.8) is 0 Å². The van der Waals surface area contributed by atoms with E-state index in [4.69, 9.17) is 11.5 Å². The summed E-state index contributed by atoms with van der Waals surface area (Å²) >= 11 is 0. The Hall–Kier alpha value is -1.93. The molecule has 0 spiro atoms. The molecule has 0 atom stereocenters. The zero-order valence-electron chi connectivity index (χ0n) is 10.8. The second-order valence-electron chi connectivity index (χ2n) is 4.82. The predicted octanol–water partition coefficient (Wildman–Crippen LogP) is 3.76. The minimum absolute atomic E-state index is 0. The van der Waals surface area contributed by atoms with Crippen molar-refractivity contribution in [3.8, 4) is 0 Å². The second kappa shape index (κ2) is 4.98. The smallest absolute Gasteiger partial charge is 0.0317 e. The van der Waals surface area contributed by atoms with E-state index in [0.29, 0.717) is 0 Å². The lowest BCUT2D eigenvalue weighted by molar-refractivity contribution is 1.32. The highest BCUT2D eigenvalue weighted by Gasteiger charge is 2.19. The third-order valence-corrected chi connectivity index (χ3v) is 3.61. The van der Waals surface area contributed by atoms with Crippen molar-refractivity contribution in [3.05, 3.63) is 59.2 Å². The number of rotatable bonds is 1. The van der Waals surface area contributed by atoms with Gasteiger partial charge in [0.15, 0.2) is 0 Å². The SMILES string of the molecule is CC1=C(c2ccc(N)cc2)Cc2cc(N)ccc21.Cl. The Morgan fingerprint density at radius 2 is 1.53 bits per heavy atom. The third kappa shape index (κ3) is 2.32. The molecule has 0 heterocycles. The Bertz CT molecular complexity index is 642. The lowest BCUT2D eigenvalue weighted by Crippen LogP contribution is -1.90. The Morgan fingerprint density at radius 3 is 2.21 bits per heavy atom. The number of fused-ring (bicyclic) bond motifs is 1. The summed E-state index contributed by atoms with van der Waals surface area (Å²) in [6, 6.07) is 14.2. The van der Waals surface area contributed by atoms with Crippen LogP contribution in [0.15, 0.2) is 42.5 Å². The fraction of sp³-hybridized carbons (Fsp3) is 0.125. The van der Waals surface area contributed by atoms with Gasteiger partial charge >= 0.3 is 0 Å². The second-order valence-corrected chi connectivity index (χ2v) is 4.82. The highest BCUT2D eigenvalue weighted by Crippen LogP contribution is 2.38. The van der Waals surface area contributed by atoms with Crippen molar-refractivity contribution in [1.29, 1.82) is 0 Å². The van der Waals surface area contributed by atoms with Crippen molar-refractivity contribution in [2.75, 3.05) is 11.5 Å². The van der Waals surface area contributed by atoms with Gasteiger partial charge in [0.2, 0.25) is 0 Å². The molecule has 19 heavy (non-hydrogen) atoms. The maximum absolute atomic E-state index is 5.85. The van der Waals surface area contributed by atoms with Gasteiger partial charge in [-0.3, -0.25) is 0 Å². The van der Waals surface area contributed by atoms with E-state index in [1.807, 2.05) is 18.2 Å². The zero-order valence-corrected chi connectivity index (χ0v) is 11.6. The molecule has 2 aromatic carbocycles. The molecule has 0 aromatic heterocycles. The lowest BCUT2D eigenvalue weighted by atomic mass is 10.0. The summed E-state index contributed by atoms with van der Waals surface area (Å²) in [4.78, 5) is 0. The van der Waals surface area contributed by atoms with Crippen LogP contribution in [0.4, 0.5) is 11.4 Å². The van der Waals surface area contributed by atoms with Crippen molar-refractivity contribution in [2.45, 2.75) is 13.3 Å². The van der Waals surface area contributed by atoms with Gasteiger partial charge in [0.25, 0.3) is 0 Å². The minimum atomic E-state index is 0. The van der Waals surface area contributed by atoms with Gasteiger partial charge in [-0.2, -0.15) is 0 Å². The van der Waals surface area contributed by atoms with Crippen LogP contribution >= 0.6 is 12.4 Å². The van der Waals surface area contributed by atoms with Gasteiger partial charge in [0.1, 0.15) is 0 Å². The quantitative estimate of drug-likeness (QED) is 0.777. The monoisotopic (exact) mass is 272 g/mol. The van der Waals surface area contributed by atoms with Crippen LogP contribution < -0.4 is 11.5 Å². The van der Waals surface area contributed by atoms with Gasteiger partial charge in [-0.1, -0.05) is 18.2 Å². The molecule has 0 saturated carbocycles. The molecule has 1 aliphatic rings. The van der Waals surface area contributed by atoms with Gasteiger partial charge < -0.3 is 11.5 Å². The molecular weight excluding hydrogens is 256 g/mol. The molecule has 4 N–H and O–H groups in total. The van der Waals surface area contributed by atoms with Crippen LogP contribution in [0.1, 0.15) is 23.6 Å². The summed E-state index contributed by atoms with van der Waals surface area (Å²) in [6.07, 6.45) is 0.954. The maximum atomic E-state index is 5.85. The lowest BCUT2D eigenvalue weighted by Gasteiger charge is -2.04. The highest BCUT2D eigenvalue weighted by molar-refractivity contribution is 5.96. The van der Waals surface area contributed by atoms with E-state index in [9.17, 15) is 0 Å². The molecule has 0 fully saturated rings. The van der Waals surface area contributed by atoms with Crippen molar-refractivity contribution in [1.82, 2.24) is 0 Å². The minimum Gasteiger partial charge on any atom is -0.399 e. The van der Waals surface area contributed by atoms with E-state index >= 15 is 0 Å². The molecular formula is C16H17ClN2. The number of nitrogens with two attached hydrogens (primary N) is 2. The van der Waals surface area contributed by atoms with Gasteiger partial charge in [-0.25, -0.2) is 0 Å². The summed E-state index contributed by atoms with van der Waals surface area (Å²) in [6.45, 7) is 2.17. The summed E-state index contributed by atoms with van der Waals surface area (Å²) < 4.78 is 0. The Morgan fingerprint density at radius 1 is 0.895 bits per heavy atom. The highest BCUT2D eigenvalue weighted by atomic mass is 35.5. The normalized spacial score (nSPS) is 13.1. The number of nitrogen functional groups attached to an aromatic ring is 2. The fourth-order valence-corrected chi connectivity index (χ4v) is 2.61. The first kappa shape index (κ1) is 13.5. The van der Waals surface area contributed by atoms with Gasteiger partial charge in [-0.15, -0.1) is 12.4 Å². The van der Waals surface area contributed by atoms with E-state index in [0.717, 1.165) is 17.8 Å². The van der Waals surface area contributed by atoms with E-state index in [-0.39, 0.29) is 12.4 Å². The predicted molar refractivity (Wildman–Crippen MR) is 85.1 cm³/mol. The van der Waals surface area contributed by atoms with Crippen LogP contribution in [0, 0.1) is 0 Å². The first-order valence-corrected chi connectivity index (χ1v) is 6.09. The molecule has 98 valence electrons. The van der Waals surface area contributed by atoms with Gasteiger partial charge in [-0.05, 0) is 65.4 Å². The third-order valence-electron chi connectivity index (χ3n) is 3.61. The van der Waals surface area contributed by atoms with E-state index in [2.05, 4.69) is 31.2 Å². The van der Waals surface area contributed by atoms with Crippen molar-refractivity contribution < 1.29 is 0 Å². The van der Waals surface area contributed by atoms with E-state index in [1.54, 1.807) is 0 Å². The number of allylic oxidation sites excluding steroid dienone is 2. The van der Waals surface area contributed by atoms with Gasteiger partial charge in [0, 0.05) is 11.4 Å². The Balaban J connectivity index is 0.00000133. The van der Waals surface area contributed by atoms with Crippen molar-refractivity contribution >= 4 is 34.9 Å². The van der Waals surface area contributed by atoms with Crippen LogP contribution in [0.5, 0.6) is 0 Å². The summed E-state index contributed by atoms with van der Waals surface area (Å²) in [5.41, 5.74) is 19.8. The molecule has 0 bridgehead atoms. The molecule has 2 nitrogen and oxygen atoms in total. The largest absolute Gasteiger partial charge is 0.399 e. The molecule has 2 aromatic rings. The molecule has 0 radical (unpaired) electrons. The summed E-state index contributed by atoms with van der Waals surface area (Å²) in [5.74, 6) is 0. The van der Waals surface area contributed by atoms with E-state index in [1.165, 1.54) is 27.8 Å². The number of halogens is 1. The standard InChI is InChI=1S/C16H16N2.ClH/c1-10-15-7-6-14(18)8-12(15)9-16(10)11-2-4-13(17)5-3-11;/h2-8H,9,17-18H2,1H3;1H. The van der Waals surface area contributed by atoms with E-state index < -0.39 is 0 Å². The Labute approximate surface area is 119 Å². The zero-order chi connectivity index (χ0) is 12.7. The average Bonchev–Trinajstić information content (AvgIpc) is 2.67. The molecule has 3 rings (SSSR count). The number of hydrogen-bond acceptors (Lipinski definition) is 2. The maximum Gasteiger partial charge on any atom is 0.0317 e. The molecule has 0 aliphatic heterocycles. The topological polar surface area (TPSA) is 52.0 Å². The number of anilines is 2. The summed E-state index contributed by atoms with van der Waals surface area (Å²) in [5, 5.41) is 0. The Kier molecular flexibility index (Phi) is 3.54. The van der Waals surface area contributed by atoms with Crippen LogP contribution in [0.2, 0.25) is 0 Å². The van der Waals surface area contributed by atoms with Crippen LogP contribution in [0.25, 0.3) is 11.1 Å². The first-order chi connectivity index (χ1) is 8.65. The van der Waals surface area contributed by atoms with Gasteiger partial charge in [0.05, 0.1) is 0 Å². The molecule has 0 unspecified atom stereocenters. The average molecular weight is 273 g/mol. The summed E-state index contributed by atoms with van der Waals surface area (Å²) in [7, 11) is 0. The van der Waals surface area contributed by atoms with Crippen molar-refractivity contribution in [2.24, 2.45) is 0 Å². The van der Waals surface area contributed by atoms with Crippen LogP contribution in [0.3, 0.4) is 0 Å². The molecule has 0 amide bonds. The molecule has 3 heteroatoms. The number of hydrogen-bond donors (Lipinski definition) is 2. The fourth-order valence-electron chi connectivity index (χ4n) is 2.61. The first-order valence-electron chi connectivity index (χ1n) is 6.09. The van der Waals surface area contributed by atoms with Crippen LogP contribution in [-0.2, 0) is 6.42 Å².